The fourth-order valence-electron chi connectivity index (χ4n) is 1.37. The van der Waals surface area contributed by atoms with Gasteiger partial charge in [0.05, 0.1) is 0 Å². The van der Waals surface area contributed by atoms with E-state index in [1.807, 2.05) is 37.5 Å². The minimum absolute atomic E-state index is 0.693. The van der Waals surface area contributed by atoms with Gasteiger partial charge in [0, 0.05) is 35.4 Å². The molecule has 0 radical (unpaired) electrons. The molecule has 5 heteroatoms. The molecular weight excluding hydrogens is 289 g/mol. The molecular formula is C11H11BrClN3. The van der Waals surface area contributed by atoms with Crippen LogP contribution in [0.25, 0.3) is 0 Å². The zero-order valence-corrected chi connectivity index (χ0v) is 11.1. The van der Waals surface area contributed by atoms with Crippen molar-refractivity contribution in [3.63, 3.8) is 0 Å². The zero-order valence-electron chi connectivity index (χ0n) is 8.74. The van der Waals surface area contributed by atoms with Crippen molar-refractivity contribution in [2.45, 2.75) is 6.54 Å². The van der Waals surface area contributed by atoms with E-state index < -0.39 is 0 Å². The second kappa shape index (κ2) is 4.89. The first-order chi connectivity index (χ1) is 7.65. The number of hydrogen-bond donors (Lipinski definition) is 1. The topological polar surface area (TPSA) is 29.9 Å². The van der Waals surface area contributed by atoms with Crippen LogP contribution in [0.3, 0.4) is 0 Å². The largest absolute Gasteiger partial charge is 0.364 e. The summed E-state index contributed by atoms with van der Waals surface area (Å²) in [6.07, 6.45) is 1.90. The first-order valence-corrected chi connectivity index (χ1v) is 6.00. The summed E-state index contributed by atoms with van der Waals surface area (Å²) in [5.41, 5.74) is 1.11. The van der Waals surface area contributed by atoms with Gasteiger partial charge in [-0.1, -0.05) is 27.5 Å². The maximum absolute atomic E-state index is 5.93. The highest BCUT2D eigenvalue weighted by atomic mass is 79.9. The molecule has 0 atom stereocenters. The van der Waals surface area contributed by atoms with Crippen LogP contribution in [0.15, 0.2) is 34.9 Å². The zero-order chi connectivity index (χ0) is 11.5. The summed E-state index contributed by atoms with van der Waals surface area (Å²) < 4.78 is 2.80. The lowest BCUT2D eigenvalue weighted by Gasteiger charge is -2.06. The molecule has 1 aromatic carbocycles. The lowest BCUT2D eigenvalue weighted by Crippen LogP contribution is -2.01. The van der Waals surface area contributed by atoms with Gasteiger partial charge in [-0.15, -0.1) is 0 Å². The molecule has 0 amide bonds. The van der Waals surface area contributed by atoms with Crippen molar-refractivity contribution in [3.05, 3.63) is 45.5 Å². The van der Waals surface area contributed by atoms with Crippen LogP contribution >= 0.6 is 27.5 Å². The Kier molecular flexibility index (Phi) is 3.51. The number of aromatic nitrogens is 2. The molecule has 2 aromatic rings. The molecule has 0 aliphatic heterocycles. The standard InChI is InChI=1S/C11H11BrClN3/c1-16-5-4-11(15-16)14-7-8-6-9(13)2-3-10(8)12/h2-6H,7H2,1H3,(H,14,15). The second-order valence-electron chi connectivity index (χ2n) is 3.46. The van der Waals surface area contributed by atoms with E-state index in [0.717, 1.165) is 20.9 Å². The van der Waals surface area contributed by atoms with Crippen molar-refractivity contribution in [2.24, 2.45) is 7.05 Å². The van der Waals surface area contributed by atoms with E-state index in [2.05, 4.69) is 26.3 Å². The van der Waals surface area contributed by atoms with Crippen molar-refractivity contribution < 1.29 is 0 Å². The Morgan fingerprint density at radius 3 is 2.94 bits per heavy atom. The van der Waals surface area contributed by atoms with E-state index in [4.69, 9.17) is 11.6 Å². The SMILES string of the molecule is Cn1ccc(NCc2cc(Cl)ccc2Br)n1. The van der Waals surface area contributed by atoms with E-state index >= 15 is 0 Å². The minimum atomic E-state index is 0.693. The smallest absolute Gasteiger partial charge is 0.148 e. The molecule has 1 N–H and O–H groups in total. The van der Waals surface area contributed by atoms with Crippen molar-refractivity contribution in [1.29, 1.82) is 0 Å². The Morgan fingerprint density at radius 2 is 2.25 bits per heavy atom. The number of nitrogens with one attached hydrogen (secondary N) is 1. The third-order valence-electron chi connectivity index (χ3n) is 2.18. The summed E-state index contributed by atoms with van der Waals surface area (Å²) in [5.74, 6) is 0.856. The highest BCUT2D eigenvalue weighted by Gasteiger charge is 2.02. The van der Waals surface area contributed by atoms with Crippen LogP contribution in [0, 0.1) is 0 Å². The molecule has 0 fully saturated rings. The van der Waals surface area contributed by atoms with Crippen molar-refractivity contribution in [1.82, 2.24) is 9.78 Å². The van der Waals surface area contributed by atoms with E-state index in [0.29, 0.717) is 6.54 Å². The van der Waals surface area contributed by atoms with Crippen molar-refractivity contribution >= 4 is 33.3 Å². The fourth-order valence-corrected chi connectivity index (χ4v) is 1.96. The molecule has 0 saturated heterocycles. The van der Waals surface area contributed by atoms with Gasteiger partial charge in [0.25, 0.3) is 0 Å². The molecule has 3 nitrogen and oxygen atoms in total. The summed E-state index contributed by atoms with van der Waals surface area (Å²) in [6.45, 7) is 0.693. The number of halogens is 2. The molecule has 0 saturated carbocycles. The minimum Gasteiger partial charge on any atom is -0.364 e. The van der Waals surface area contributed by atoms with Gasteiger partial charge in [0.1, 0.15) is 5.82 Å². The quantitative estimate of drug-likeness (QED) is 0.941. The molecule has 0 bridgehead atoms. The summed E-state index contributed by atoms with van der Waals surface area (Å²) in [6, 6.07) is 7.66. The predicted octanol–water partition coefficient (Wildman–Crippen LogP) is 3.45. The molecule has 0 unspecified atom stereocenters. The molecule has 1 heterocycles. The van der Waals surface area contributed by atoms with Gasteiger partial charge in [-0.2, -0.15) is 5.10 Å². The number of rotatable bonds is 3. The van der Waals surface area contributed by atoms with Crippen LogP contribution in [0.4, 0.5) is 5.82 Å². The van der Waals surface area contributed by atoms with Crippen LogP contribution in [0.5, 0.6) is 0 Å². The average Bonchev–Trinajstić information content (AvgIpc) is 2.66. The van der Waals surface area contributed by atoms with E-state index in [1.54, 1.807) is 4.68 Å². The summed E-state index contributed by atoms with van der Waals surface area (Å²) >= 11 is 9.42. The van der Waals surface area contributed by atoms with Gasteiger partial charge in [-0.25, -0.2) is 0 Å². The monoisotopic (exact) mass is 299 g/mol. The lowest BCUT2D eigenvalue weighted by atomic mass is 10.2. The molecule has 0 aliphatic carbocycles. The van der Waals surface area contributed by atoms with Gasteiger partial charge < -0.3 is 5.32 Å². The van der Waals surface area contributed by atoms with Crippen LogP contribution in [-0.2, 0) is 13.6 Å². The third kappa shape index (κ3) is 2.77. The van der Waals surface area contributed by atoms with Gasteiger partial charge >= 0.3 is 0 Å². The van der Waals surface area contributed by atoms with Gasteiger partial charge in [-0.05, 0) is 23.8 Å². The Morgan fingerprint density at radius 1 is 1.44 bits per heavy atom. The third-order valence-corrected chi connectivity index (χ3v) is 3.19. The highest BCUT2D eigenvalue weighted by Crippen LogP contribution is 2.21. The van der Waals surface area contributed by atoms with Crippen LogP contribution in [0.2, 0.25) is 5.02 Å². The second-order valence-corrected chi connectivity index (χ2v) is 4.75. The average molecular weight is 301 g/mol. The molecule has 0 aliphatic rings. The van der Waals surface area contributed by atoms with E-state index in [1.165, 1.54) is 0 Å². The summed E-state index contributed by atoms with van der Waals surface area (Å²) in [4.78, 5) is 0. The lowest BCUT2D eigenvalue weighted by molar-refractivity contribution is 0.768. The predicted molar refractivity (Wildman–Crippen MR) is 69.7 cm³/mol. The maximum Gasteiger partial charge on any atom is 0.148 e. The molecule has 1 aromatic heterocycles. The van der Waals surface area contributed by atoms with Gasteiger partial charge in [0.15, 0.2) is 0 Å². The van der Waals surface area contributed by atoms with Gasteiger partial charge in [0.2, 0.25) is 0 Å². The van der Waals surface area contributed by atoms with Crippen molar-refractivity contribution in [2.75, 3.05) is 5.32 Å². The maximum atomic E-state index is 5.93. The Bertz CT molecular complexity index is 496. The number of hydrogen-bond acceptors (Lipinski definition) is 2. The molecule has 16 heavy (non-hydrogen) atoms. The van der Waals surface area contributed by atoms with Gasteiger partial charge in [-0.3, -0.25) is 4.68 Å². The Balaban J connectivity index is 2.07. The highest BCUT2D eigenvalue weighted by molar-refractivity contribution is 9.10. The molecule has 2 rings (SSSR count). The summed E-state index contributed by atoms with van der Waals surface area (Å²) in [5, 5.41) is 8.20. The number of nitrogens with zero attached hydrogens (tertiary/aromatic N) is 2. The van der Waals surface area contributed by atoms with E-state index in [9.17, 15) is 0 Å². The fraction of sp³-hybridized carbons (Fsp3) is 0.182. The number of benzene rings is 1. The normalized spacial score (nSPS) is 10.4. The van der Waals surface area contributed by atoms with Crippen molar-refractivity contribution in [3.8, 4) is 0 Å². The number of aryl methyl sites for hydroxylation is 1. The molecule has 84 valence electrons. The van der Waals surface area contributed by atoms with Crippen LogP contribution in [0.1, 0.15) is 5.56 Å². The van der Waals surface area contributed by atoms with Crippen LogP contribution in [-0.4, -0.2) is 9.78 Å². The first kappa shape index (κ1) is 11.5. The Labute approximate surface area is 108 Å². The number of anilines is 1. The van der Waals surface area contributed by atoms with Crippen LogP contribution < -0.4 is 5.32 Å². The first-order valence-electron chi connectivity index (χ1n) is 4.82. The molecule has 0 spiro atoms. The summed E-state index contributed by atoms with van der Waals surface area (Å²) in [7, 11) is 1.89. The van der Waals surface area contributed by atoms with E-state index in [-0.39, 0.29) is 0 Å². The Hall–Kier alpha value is -1.000.